The van der Waals surface area contributed by atoms with E-state index in [0.29, 0.717) is 12.8 Å². The number of amides is 1. The normalized spacial score (nSPS) is 24.1. The van der Waals surface area contributed by atoms with Crippen LogP contribution in [0.4, 0.5) is 0 Å². The Labute approximate surface area is 58.5 Å². The van der Waals surface area contributed by atoms with Gasteiger partial charge in [-0.25, -0.2) is 0 Å². The van der Waals surface area contributed by atoms with Crippen LogP contribution in [0.3, 0.4) is 0 Å². The zero-order chi connectivity index (χ0) is 7.56. The van der Waals surface area contributed by atoms with Gasteiger partial charge in [-0.1, -0.05) is 0 Å². The van der Waals surface area contributed by atoms with Crippen molar-refractivity contribution in [3.63, 3.8) is 0 Å². The Balaban J connectivity index is 2.31. The van der Waals surface area contributed by atoms with Crippen LogP contribution in [0.25, 0.3) is 0 Å². The Morgan fingerprint density at radius 1 is 1.80 bits per heavy atom. The molecule has 1 atom stereocenters. The van der Waals surface area contributed by atoms with E-state index in [0.717, 1.165) is 0 Å². The standard InChI is InChI=1S/C6H9NO3/c1-4(8)10-6-3-2-5(9)7-6/h6H,2-3H2,1H3,(H,7,9)/t6-/m0/s1. The lowest BCUT2D eigenvalue weighted by Crippen LogP contribution is -2.29. The predicted molar refractivity (Wildman–Crippen MR) is 32.9 cm³/mol. The van der Waals surface area contributed by atoms with Crippen LogP contribution < -0.4 is 5.32 Å². The van der Waals surface area contributed by atoms with E-state index >= 15 is 0 Å². The first-order valence-electron chi connectivity index (χ1n) is 3.15. The molecule has 0 bridgehead atoms. The van der Waals surface area contributed by atoms with Gasteiger partial charge in [-0.05, 0) is 0 Å². The van der Waals surface area contributed by atoms with Gasteiger partial charge in [0.2, 0.25) is 5.91 Å². The molecule has 0 aromatic rings. The van der Waals surface area contributed by atoms with Crippen LogP contribution >= 0.6 is 0 Å². The van der Waals surface area contributed by atoms with Crippen molar-refractivity contribution in [1.29, 1.82) is 0 Å². The fraction of sp³-hybridized carbons (Fsp3) is 0.667. The molecule has 0 unspecified atom stereocenters. The van der Waals surface area contributed by atoms with Gasteiger partial charge in [-0.3, -0.25) is 9.59 Å². The molecule has 1 N–H and O–H groups in total. The number of hydrogen-bond donors (Lipinski definition) is 1. The molecule has 1 aliphatic rings. The van der Waals surface area contributed by atoms with Gasteiger partial charge in [0, 0.05) is 19.8 Å². The molecule has 4 nitrogen and oxygen atoms in total. The van der Waals surface area contributed by atoms with E-state index < -0.39 is 0 Å². The maximum absolute atomic E-state index is 10.5. The Morgan fingerprint density at radius 3 is 2.90 bits per heavy atom. The van der Waals surface area contributed by atoms with Crippen molar-refractivity contribution in [2.75, 3.05) is 0 Å². The minimum atomic E-state index is -0.384. The summed E-state index contributed by atoms with van der Waals surface area (Å²) in [5.41, 5.74) is 0. The summed E-state index contributed by atoms with van der Waals surface area (Å²) in [4.78, 5) is 20.9. The van der Waals surface area contributed by atoms with Crippen LogP contribution in [0.1, 0.15) is 19.8 Å². The van der Waals surface area contributed by atoms with Crippen molar-refractivity contribution in [2.24, 2.45) is 0 Å². The van der Waals surface area contributed by atoms with Crippen LogP contribution in [0, 0.1) is 0 Å². The number of hydrogen-bond acceptors (Lipinski definition) is 3. The SMILES string of the molecule is CC(=O)O[C@H]1CCC(=O)N1. The maximum Gasteiger partial charge on any atom is 0.304 e. The van der Waals surface area contributed by atoms with Gasteiger partial charge in [0.1, 0.15) is 0 Å². The molecule has 1 amide bonds. The summed E-state index contributed by atoms with van der Waals surface area (Å²) < 4.78 is 4.71. The number of ether oxygens (including phenoxy) is 1. The number of rotatable bonds is 1. The third-order valence-corrected chi connectivity index (χ3v) is 1.26. The summed E-state index contributed by atoms with van der Waals surface area (Å²) in [7, 11) is 0. The summed E-state index contributed by atoms with van der Waals surface area (Å²) in [6.07, 6.45) is 0.668. The highest BCUT2D eigenvalue weighted by atomic mass is 16.6. The zero-order valence-electron chi connectivity index (χ0n) is 5.72. The first-order valence-corrected chi connectivity index (χ1v) is 3.15. The molecular weight excluding hydrogens is 134 g/mol. The average molecular weight is 143 g/mol. The predicted octanol–water partition coefficient (Wildman–Crippen LogP) is -0.214. The van der Waals surface area contributed by atoms with Gasteiger partial charge in [-0.2, -0.15) is 0 Å². The molecule has 0 radical (unpaired) electrons. The van der Waals surface area contributed by atoms with Crippen LogP contribution in [0.5, 0.6) is 0 Å². The van der Waals surface area contributed by atoms with Gasteiger partial charge in [-0.15, -0.1) is 0 Å². The molecule has 56 valence electrons. The van der Waals surface area contributed by atoms with E-state index in [1.54, 1.807) is 0 Å². The molecule has 0 aromatic carbocycles. The molecule has 1 saturated heterocycles. The number of carbonyl (C=O) groups is 2. The van der Waals surface area contributed by atoms with Crippen molar-refractivity contribution in [2.45, 2.75) is 26.0 Å². The molecule has 1 fully saturated rings. The fourth-order valence-electron chi connectivity index (χ4n) is 0.875. The monoisotopic (exact) mass is 143 g/mol. The molecule has 0 aliphatic carbocycles. The molecule has 0 saturated carbocycles. The van der Waals surface area contributed by atoms with E-state index in [9.17, 15) is 9.59 Å². The number of esters is 1. The first kappa shape index (κ1) is 7.05. The smallest absolute Gasteiger partial charge is 0.304 e. The van der Waals surface area contributed by atoms with Gasteiger partial charge in [0.15, 0.2) is 6.23 Å². The third kappa shape index (κ3) is 1.72. The summed E-state index contributed by atoms with van der Waals surface area (Å²) in [6.45, 7) is 1.32. The van der Waals surface area contributed by atoms with Crippen LogP contribution in [-0.4, -0.2) is 18.1 Å². The Hall–Kier alpha value is -1.06. The fourth-order valence-corrected chi connectivity index (χ4v) is 0.875. The Kier molecular flexibility index (Phi) is 1.89. The first-order chi connectivity index (χ1) is 4.68. The van der Waals surface area contributed by atoms with E-state index in [2.05, 4.69) is 5.32 Å². The summed E-state index contributed by atoms with van der Waals surface area (Å²) >= 11 is 0. The lowest BCUT2D eigenvalue weighted by molar-refractivity contribution is -0.147. The molecule has 4 heteroatoms. The molecule has 1 heterocycles. The van der Waals surface area contributed by atoms with Crippen molar-refractivity contribution < 1.29 is 14.3 Å². The summed E-state index contributed by atoms with van der Waals surface area (Å²) in [5, 5.41) is 2.50. The molecule has 1 aliphatic heterocycles. The van der Waals surface area contributed by atoms with E-state index in [4.69, 9.17) is 4.74 Å². The van der Waals surface area contributed by atoms with E-state index in [1.165, 1.54) is 6.92 Å². The molecule has 0 spiro atoms. The molecular formula is C6H9NO3. The second-order valence-corrected chi connectivity index (χ2v) is 2.20. The number of carbonyl (C=O) groups excluding carboxylic acids is 2. The minimum absolute atomic E-state index is 0.0498. The summed E-state index contributed by atoms with van der Waals surface area (Å²) in [5.74, 6) is -0.404. The topological polar surface area (TPSA) is 55.4 Å². The molecule has 1 rings (SSSR count). The highest BCUT2D eigenvalue weighted by Crippen LogP contribution is 2.07. The highest BCUT2D eigenvalue weighted by molar-refractivity contribution is 5.78. The van der Waals surface area contributed by atoms with Crippen molar-refractivity contribution in [3.05, 3.63) is 0 Å². The average Bonchev–Trinajstić information content (AvgIpc) is 2.13. The van der Waals surface area contributed by atoms with Gasteiger partial charge in [0.25, 0.3) is 0 Å². The second-order valence-electron chi connectivity index (χ2n) is 2.20. The number of nitrogens with one attached hydrogen (secondary N) is 1. The van der Waals surface area contributed by atoms with Gasteiger partial charge < -0.3 is 10.1 Å². The van der Waals surface area contributed by atoms with Crippen molar-refractivity contribution >= 4 is 11.9 Å². The van der Waals surface area contributed by atoms with Gasteiger partial charge >= 0.3 is 5.97 Å². The lowest BCUT2D eigenvalue weighted by Gasteiger charge is -2.08. The van der Waals surface area contributed by atoms with Gasteiger partial charge in [0.05, 0.1) is 0 Å². The molecule has 10 heavy (non-hydrogen) atoms. The van der Waals surface area contributed by atoms with Crippen LogP contribution in [0.15, 0.2) is 0 Å². The maximum atomic E-state index is 10.5. The largest absolute Gasteiger partial charge is 0.442 e. The lowest BCUT2D eigenvalue weighted by atomic mass is 10.3. The summed E-state index contributed by atoms with van der Waals surface area (Å²) in [6, 6.07) is 0. The van der Waals surface area contributed by atoms with Crippen LogP contribution in [0.2, 0.25) is 0 Å². The molecule has 0 aromatic heterocycles. The van der Waals surface area contributed by atoms with Crippen molar-refractivity contribution in [3.8, 4) is 0 Å². The van der Waals surface area contributed by atoms with Crippen LogP contribution in [-0.2, 0) is 14.3 Å². The Bertz CT molecular complexity index is 166. The second kappa shape index (κ2) is 2.68. The minimum Gasteiger partial charge on any atom is -0.442 e. The van der Waals surface area contributed by atoms with Crippen molar-refractivity contribution in [1.82, 2.24) is 5.32 Å². The Morgan fingerprint density at radius 2 is 2.50 bits per heavy atom. The quantitative estimate of drug-likeness (QED) is 0.516. The zero-order valence-corrected chi connectivity index (χ0v) is 5.72. The highest BCUT2D eigenvalue weighted by Gasteiger charge is 2.22. The van der Waals surface area contributed by atoms with E-state index in [-0.39, 0.29) is 18.1 Å². The third-order valence-electron chi connectivity index (χ3n) is 1.26. The van der Waals surface area contributed by atoms with E-state index in [1.807, 2.05) is 0 Å².